The van der Waals surface area contributed by atoms with Gasteiger partial charge in [-0.3, -0.25) is 9.59 Å². The number of Topliss-reactive ketones (excluding diaryl/α,β-unsaturated/α-hetero) is 1. The third kappa shape index (κ3) is 5.73. The zero-order chi connectivity index (χ0) is 15.1. The molecule has 0 aliphatic heterocycles. The third-order valence-corrected chi connectivity index (χ3v) is 2.51. The van der Waals surface area contributed by atoms with Crippen LogP contribution in [0.5, 0.6) is 0 Å². The average molecular weight is 308 g/mol. The summed E-state index contributed by atoms with van der Waals surface area (Å²) in [7, 11) is 1.39. The predicted octanol–water partition coefficient (Wildman–Crippen LogP) is 1.61. The minimum atomic E-state index is -4.84. The highest BCUT2D eigenvalue weighted by atomic mass is 35.5. The average Bonchev–Trinajstić information content (AvgIpc) is 2.36. The molecule has 0 heterocycles. The lowest BCUT2D eigenvalue weighted by molar-refractivity contribution is -0.170. The van der Waals surface area contributed by atoms with Crippen molar-refractivity contribution < 1.29 is 31.9 Å². The maximum absolute atomic E-state index is 12.7. The molecule has 1 unspecified atom stereocenters. The Hall–Kier alpha value is -0.890. The molecule has 0 rings (SSSR count). The van der Waals surface area contributed by atoms with Crippen LogP contribution in [0.15, 0.2) is 0 Å². The second-order valence-electron chi connectivity index (χ2n) is 3.68. The van der Waals surface area contributed by atoms with Crippen LogP contribution in [0.25, 0.3) is 0 Å². The Labute approximate surface area is 112 Å². The van der Waals surface area contributed by atoms with Crippen molar-refractivity contribution in [3.63, 3.8) is 0 Å². The van der Waals surface area contributed by atoms with E-state index in [0.717, 1.165) is 0 Å². The Kier molecular flexibility index (Phi) is 7.93. The summed E-state index contributed by atoms with van der Waals surface area (Å²) in [5, 5.41) is 1.59. The van der Waals surface area contributed by atoms with Crippen molar-refractivity contribution >= 4 is 23.3 Å². The molecule has 0 aromatic rings. The molecule has 0 aliphatic rings. The van der Waals surface area contributed by atoms with E-state index in [4.69, 9.17) is 16.3 Å². The molecule has 19 heavy (non-hydrogen) atoms. The van der Waals surface area contributed by atoms with Gasteiger partial charge in [-0.15, -0.1) is 11.6 Å². The number of nitrogens with one attached hydrogen (secondary N) is 1. The van der Waals surface area contributed by atoms with Crippen molar-refractivity contribution in [2.75, 3.05) is 19.6 Å². The molecule has 112 valence electrons. The van der Waals surface area contributed by atoms with Gasteiger partial charge < -0.3 is 10.1 Å². The Morgan fingerprint density at radius 1 is 1.37 bits per heavy atom. The molecular weight excluding hydrogens is 294 g/mol. The highest BCUT2D eigenvalue weighted by Gasteiger charge is 2.49. The normalized spacial score (nSPS) is 13.4. The quantitative estimate of drug-likeness (QED) is 0.400. The predicted molar refractivity (Wildman–Crippen MR) is 59.7 cm³/mol. The summed E-state index contributed by atoms with van der Waals surface area (Å²) in [6, 6.07) is -1.33. The number of halogens is 5. The van der Waals surface area contributed by atoms with E-state index >= 15 is 0 Å². The molecule has 0 aromatic heterocycles. The molecule has 0 aromatic carbocycles. The van der Waals surface area contributed by atoms with Crippen LogP contribution in [0.3, 0.4) is 0 Å². The lowest BCUT2D eigenvalue weighted by Gasteiger charge is -2.20. The van der Waals surface area contributed by atoms with Crippen LogP contribution >= 0.6 is 11.6 Å². The number of amides is 1. The number of carbonyl (C=O) groups excluding carboxylic acids is 2. The van der Waals surface area contributed by atoms with E-state index in [1.165, 1.54) is 7.11 Å². The zero-order valence-electron chi connectivity index (χ0n) is 10.1. The van der Waals surface area contributed by atoms with Crippen LogP contribution in [0.2, 0.25) is 0 Å². The maximum Gasteiger partial charge on any atom is 0.383 e. The molecule has 0 saturated carbocycles. The summed E-state index contributed by atoms with van der Waals surface area (Å²) in [6.07, 6.45) is -3.88. The summed E-state index contributed by atoms with van der Waals surface area (Å²) < 4.78 is 54.1. The fourth-order valence-corrected chi connectivity index (χ4v) is 1.38. The van der Waals surface area contributed by atoms with E-state index in [9.17, 15) is 27.2 Å². The van der Waals surface area contributed by atoms with Crippen LogP contribution in [0.1, 0.15) is 12.8 Å². The molecule has 0 bridgehead atoms. The highest BCUT2D eigenvalue weighted by molar-refractivity contribution is 6.28. The number of carbonyl (C=O) groups is 2. The number of hydrogen-bond acceptors (Lipinski definition) is 3. The molecule has 0 aliphatic carbocycles. The van der Waals surface area contributed by atoms with Crippen LogP contribution in [-0.2, 0) is 14.3 Å². The van der Waals surface area contributed by atoms with Crippen molar-refractivity contribution in [2.45, 2.75) is 31.2 Å². The van der Waals surface area contributed by atoms with Gasteiger partial charge in [-0.25, -0.2) is 8.78 Å². The molecule has 0 spiro atoms. The Bertz CT molecular complexity index is 315. The van der Waals surface area contributed by atoms with E-state index in [-0.39, 0.29) is 19.4 Å². The molecule has 9 heteroatoms. The monoisotopic (exact) mass is 307 g/mol. The fourth-order valence-electron chi connectivity index (χ4n) is 1.19. The van der Waals surface area contributed by atoms with Crippen LogP contribution < -0.4 is 5.32 Å². The SMILES string of the molecule is COCCCC(NC(=O)C(F)(F)C(F)F)C(=O)CCl. The van der Waals surface area contributed by atoms with Crippen LogP contribution in [0.4, 0.5) is 17.6 Å². The first-order valence-electron chi connectivity index (χ1n) is 5.31. The van der Waals surface area contributed by atoms with Crippen molar-refractivity contribution in [1.82, 2.24) is 5.32 Å². The molecular formula is C10H14ClF4NO3. The van der Waals surface area contributed by atoms with Gasteiger partial charge >= 0.3 is 12.3 Å². The number of rotatable bonds is 9. The van der Waals surface area contributed by atoms with Gasteiger partial charge in [0.25, 0.3) is 5.91 Å². The summed E-state index contributed by atoms with van der Waals surface area (Å²) in [6.45, 7) is 0.229. The van der Waals surface area contributed by atoms with E-state index in [0.29, 0.717) is 0 Å². The maximum atomic E-state index is 12.7. The first-order valence-corrected chi connectivity index (χ1v) is 5.85. The van der Waals surface area contributed by atoms with Gasteiger partial charge in [-0.05, 0) is 12.8 Å². The number of hydrogen-bond donors (Lipinski definition) is 1. The van der Waals surface area contributed by atoms with Gasteiger partial charge in [0.15, 0.2) is 5.78 Å². The van der Waals surface area contributed by atoms with E-state index in [2.05, 4.69) is 0 Å². The van der Waals surface area contributed by atoms with Crippen molar-refractivity contribution in [2.24, 2.45) is 0 Å². The molecule has 4 nitrogen and oxygen atoms in total. The molecule has 1 atom stereocenters. The topological polar surface area (TPSA) is 55.4 Å². The van der Waals surface area contributed by atoms with E-state index in [1.807, 2.05) is 0 Å². The number of methoxy groups -OCH3 is 1. The van der Waals surface area contributed by atoms with Crippen molar-refractivity contribution in [3.8, 4) is 0 Å². The summed E-state index contributed by atoms with van der Waals surface area (Å²) >= 11 is 5.25. The van der Waals surface area contributed by atoms with Gasteiger partial charge in [0.1, 0.15) is 0 Å². The lowest BCUT2D eigenvalue weighted by atomic mass is 10.1. The standard InChI is InChI=1S/C10H14ClF4NO3/c1-19-4-2-3-6(7(17)5-11)16-9(18)10(14,15)8(12)13/h6,8H,2-5H2,1H3,(H,16,18). The van der Waals surface area contributed by atoms with E-state index < -0.39 is 36.0 Å². The Morgan fingerprint density at radius 3 is 2.37 bits per heavy atom. The smallest absolute Gasteiger partial charge is 0.383 e. The third-order valence-electron chi connectivity index (χ3n) is 2.24. The number of ketones is 1. The molecule has 0 saturated heterocycles. The van der Waals surface area contributed by atoms with E-state index in [1.54, 1.807) is 5.32 Å². The zero-order valence-corrected chi connectivity index (χ0v) is 10.9. The van der Waals surface area contributed by atoms with Gasteiger partial charge in [-0.2, -0.15) is 8.78 Å². The summed E-state index contributed by atoms with van der Waals surface area (Å²) in [5.74, 6) is -8.27. The Balaban J connectivity index is 4.63. The van der Waals surface area contributed by atoms with Gasteiger partial charge in [0.2, 0.25) is 0 Å². The molecule has 0 radical (unpaired) electrons. The molecule has 1 amide bonds. The first kappa shape index (κ1) is 18.1. The van der Waals surface area contributed by atoms with Crippen molar-refractivity contribution in [1.29, 1.82) is 0 Å². The minimum Gasteiger partial charge on any atom is -0.385 e. The minimum absolute atomic E-state index is 0.0234. The first-order chi connectivity index (χ1) is 8.77. The van der Waals surface area contributed by atoms with Gasteiger partial charge in [-0.1, -0.05) is 0 Å². The summed E-state index contributed by atoms with van der Waals surface area (Å²) in [4.78, 5) is 22.3. The second-order valence-corrected chi connectivity index (χ2v) is 3.95. The number of ether oxygens (including phenoxy) is 1. The van der Waals surface area contributed by atoms with Crippen molar-refractivity contribution in [3.05, 3.63) is 0 Å². The van der Waals surface area contributed by atoms with Gasteiger partial charge in [0, 0.05) is 13.7 Å². The summed E-state index contributed by atoms with van der Waals surface area (Å²) in [5.41, 5.74) is 0. The fraction of sp³-hybridized carbons (Fsp3) is 0.800. The van der Waals surface area contributed by atoms with Gasteiger partial charge in [0.05, 0.1) is 11.9 Å². The largest absolute Gasteiger partial charge is 0.385 e. The lowest BCUT2D eigenvalue weighted by Crippen LogP contribution is -2.51. The van der Waals surface area contributed by atoms with Crippen LogP contribution in [0, 0.1) is 0 Å². The molecule has 1 N–H and O–H groups in total. The number of alkyl halides is 5. The second kappa shape index (κ2) is 8.31. The highest BCUT2D eigenvalue weighted by Crippen LogP contribution is 2.23. The molecule has 0 fully saturated rings. The van der Waals surface area contributed by atoms with Crippen LogP contribution in [-0.4, -0.2) is 49.7 Å². The Morgan fingerprint density at radius 2 is 1.95 bits per heavy atom.